The first kappa shape index (κ1) is 11.5. The van der Waals surface area contributed by atoms with Crippen molar-refractivity contribution in [3.63, 3.8) is 0 Å². The van der Waals surface area contributed by atoms with Crippen molar-refractivity contribution >= 4 is 17.2 Å². The van der Waals surface area contributed by atoms with Gasteiger partial charge in [-0.25, -0.2) is 0 Å². The molecule has 0 atom stereocenters. The first-order valence-electron chi connectivity index (χ1n) is 6.04. The molecule has 0 spiro atoms. The van der Waals surface area contributed by atoms with Crippen LogP contribution < -0.4 is 4.74 Å². The van der Waals surface area contributed by atoms with Crippen LogP contribution in [0.4, 0.5) is 0 Å². The van der Waals surface area contributed by atoms with E-state index in [4.69, 9.17) is 4.74 Å². The van der Waals surface area contributed by atoms with Crippen LogP contribution in [0, 0.1) is 0 Å². The summed E-state index contributed by atoms with van der Waals surface area (Å²) in [6.07, 6.45) is 0.889. The van der Waals surface area contributed by atoms with Gasteiger partial charge in [0.15, 0.2) is 6.29 Å². The highest BCUT2D eigenvalue weighted by atomic mass is 16.5. The van der Waals surface area contributed by atoms with E-state index in [-0.39, 0.29) is 0 Å². The Labute approximate surface area is 110 Å². The second kappa shape index (κ2) is 4.61. The Morgan fingerprint density at radius 1 is 1.05 bits per heavy atom. The molecule has 1 heterocycles. The summed E-state index contributed by atoms with van der Waals surface area (Å²) in [4.78, 5) is 14.7. The van der Waals surface area contributed by atoms with Crippen molar-refractivity contribution in [2.24, 2.45) is 0 Å². The minimum absolute atomic E-state index is 0.667. The van der Waals surface area contributed by atoms with Crippen molar-refractivity contribution in [2.45, 2.75) is 0 Å². The van der Waals surface area contributed by atoms with E-state index in [1.807, 2.05) is 48.5 Å². The number of carbonyl (C=O) groups excluding carboxylic acids is 1. The number of aldehydes is 1. The molecule has 19 heavy (non-hydrogen) atoms. The molecule has 3 nitrogen and oxygen atoms in total. The second-order valence-corrected chi connectivity index (χ2v) is 4.28. The third-order valence-electron chi connectivity index (χ3n) is 3.24. The fourth-order valence-corrected chi connectivity index (χ4v) is 2.34. The van der Waals surface area contributed by atoms with Crippen molar-refractivity contribution < 1.29 is 9.53 Å². The highest BCUT2D eigenvalue weighted by molar-refractivity contribution is 6.06. The van der Waals surface area contributed by atoms with Crippen molar-refractivity contribution in [3.05, 3.63) is 54.1 Å². The van der Waals surface area contributed by atoms with Crippen LogP contribution in [0.2, 0.25) is 0 Å². The third-order valence-corrected chi connectivity index (χ3v) is 3.24. The number of H-pyrrole nitrogens is 1. The molecule has 0 aliphatic carbocycles. The van der Waals surface area contributed by atoms with Gasteiger partial charge in [-0.3, -0.25) is 4.79 Å². The summed E-state index contributed by atoms with van der Waals surface area (Å²) in [6, 6.07) is 15.5. The molecule has 3 rings (SSSR count). The average molecular weight is 251 g/mol. The smallest absolute Gasteiger partial charge is 0.152 e. The molecule has 2 aromatic carbocycles. The van der Waals surface area contributed by atoms with Crippen molar-refractivity contribution in [1.29, 1.82) is 0 Å². The van der Waals surface area contributed by atoms with E-state index >= 15 is 0 Å². The van der Waals surface area contributed by atoms with Gasteiger partial charge in [-0.15, -0.1) is 0 Å². The van der Waals surface area contributed by atoms with Crippen LogP contribution in [-0.2, 0) is 0 Å². The Morgan fingerprint density at radius 3 is 2.53 bits per heavy atom. The molecule has 0 radical (unpaired) electrons. The van der Waals surface area contributed by atoms with Crippen LogP contribution in [0.15, 0.2) is 48.5 Å². The Hall–Kier alpha value is -2.55. The molecule has 0 amide bonds. The van der Waals surface area contributed by atoms with E-state index < -0.39 is 0 Å². The maximum atomic E-state index is 11.4. The molecule has 0 saturated carbocycles. The van der Waals surface area contributed by atoms with Crippen LogP contribution in [-0.4, -0.2) is 18.4 Å². The number of aromatic nitrogens is 1. The number of hydrogen-bond donors (Lipinski definition) is 1. The maximum Gasteiger partial charge on any atom is 0.152 e. The first-order valence-corrected chi connectivity index (χ1v) is 6.04. The van der Waals surface area contributed by atoms with Gasteiger partial charge in [-0.05, 0) is 11.6 Å². The van der Waals surface area contributed by atoms with Gasteiger partial charge in [-0.1, -0.05) is 42.5 Å². The topological polar surface area (TPSA) is 42.1 Å². The zero-order valence-corrected chi connectivity index (χ0v) is 10.5. The first-order chi connectivity index (χ1) is 9.35. The lowest BCUT2D eigenvalue weighted by Gasteiger charge is -2.00. The summed E-state index contributed by atoms with van der Waals surface area (Å²) >= 11 is 0. The third kappa shape index (κ3) is 1.80. The molecule has 3 heteroatoms. The van der Waals surface area contributed by atoms with E-state index in [1.165, 1.54) is 0 Å². The van der Waals surface area contributed by atoms with E-state index in [0.717, 1.165) is 34.2 Å². The molecule has 3 aromatic rings. The monoisotopic (exact) mass is 251 g/mol. The summed E-state index contributed by atoms with van der Waals surface area (Å²) in [5.74, 6) is 0.739. The molecule has 1 aromatic heterocycles. The second-order valence-electron chi connectivity index (χ2n) is 4.28. The minimum atomic E-state index is 0.667. The van der Waals surface area contributed by atoms with Gasteiger partial charge in [0, 0.05) is 10.9 Å². The van der Waals surface area contributed by atoms with Crippen molar-refractivity contribution in [2.75, 3.05) is 7.11 Å². The maximum absolute atomic E-state index is 11.4. The highest BCUT2D eigenvalue weighted by Gasteiger charge is 2.14. The number of fused-ring (bicyclic) bond motifs is 1. The minimum Gasteiger partial charge on any atom is -0.495 e. The lowest BCUT2D eigenvalue weighted by molar-refractivity contribution is 0.112. The lowest BCUT2D eigenvalue weighted by atomic mass is 10.1. The molecular formula is C16H13NO2. The van der Waals surface area contributed by atoms with E-state index in [0.29, 0.717) is 5.56 Å². The molecule has 0 aliphatic rings. The van der Waals surface area contributed by atoms with Gasteiger partial charge in [0.1, 0.15) is 5.75 Å². The van der Waals surface area contributed by atoms with Crippen LogP contribution in [0.25, 0.3) is 22.2 Å². The predicted molar refractivity (Wildman–Crippen MR) is 75.7 cm³/mol. The Bertz CT molecular complexity index is 729. The highest BCUT2D eigenvalue weighted by Crippen LogP contribution is 2.33. The standard InChI is InChI=1S/C16H13NO2/c1-19-14-9-5-8-12-13(10-18)15(17-16(12)14)11-6-3-2-4-7-11/h2-10,17H,1H3. The Balaban J connectivity index is 2.34. The van der Waals surface area contributed by atoms with E-state index in [2.05, 4.69) is 4.98 Å². The number of rotatable bonds is 3. The molecule has 0 unspecified atom stereocenters. The van der Waals surface area contributed by atoms with Gasteiger partial charge in [-0.2, -0.15) is 0 Å². The predicted octanol–water partition coefficient (Wildman–Crippen LogP) is 3.66. The van der Waals surface area contributed by atoms with E-state index in [1.54, 1.807) is 7.11 Å². The largest absolute Gasteiger partial charge is 0.495 e. The number of benzene rings is 2. The Morgan fingerprint density at radius 2 is 1.84 bits per heavy atom. The van der Waals surface area contributed by atoms with Crippen LogP contribution in [0.5, 0.6) is 5.75 Å². The van der Waals surface area contributed by atoms with Crippen molar-refractivity contribution in [1.82, 2.24) is 4.98 Å². The molecule has 94 valence electrons. The van der Waals surface area contributed by atoms with Gasteiger partial charge in [0.25, 0.3) is 0 Å². The van der Waals surface area contributed by atoms with Gasteiger partial charge < -0.3 is 9.72 Å². The summed E-state index contributed by atoms with van der Waals surface area (Å²) < 4.78 is 5.33. The molecule has 0 aliphatic heterocycles. The van der Waals surface area contributed by atoms with Crippen LogP contribution in [0.3, 0.4) is 0 Å². The fraction of sp³-hybridized carbons (Fsp3) is 0.0625. The van der Waals surface area contributed by atoms with Gasteiger partial charge >= 0.3 is 0 Å². The lowest BCUT2D eigenvalue weighted by Crippen LogP contribution is -1.83. The van der Waals surface area contributed by atoms with E-state index in [9.17, 15) is 4.79 Å². The molecular weight excluding hydrogens is 238 g/mol. The van der Waals surface area contributed by atoms with Gasteiger partial charge in [0.05, 0.1) is 18.3 Å². The SMILES string of the molecule is COc1cccc2c(C=O)c(-c3ccccc3)[nH]c12. The summed E-state index contributed by atoms with van der Waals surface area (Å²) in [5, 5.41) is 0.883. The number of aromatic amines is 1. The number of nitrogens with one attached hydrogen (secondary N) is 1. The molecule has 1 N–H and O–H groups in total. The number of para-hydroxylation sites is 1. The normalized spacial score (nSPS) is 10.6. The summed E-state index contributed by atoms with van der Waals surface area (Å²) in [7, 11) is 1.62. The number of carbonyl (C=O) groups is 1. The van der Waals surface area contributed by atoms with Crippen molar-refractivity contribution in [3.8, 4) is 17.0 Å². The van der Waals surface area contributed by atoms with Gasteiger partial charge in [0.2, 0.25) is 0 Å². The summed E-state index contributed by atoms with van der Waals surface area (Å²) in [5.41, 5.74) is 3.34. The fourth-order valence-electron chi connectivity index (χ4n) is 2.34. The van der Waals surface area contributed by atoms with Crippen LogP contribution in [0.1, 0.15) is 10.4 Å². The molecule has 0 fully saturated rings. The van der Waals surface area contributed by atoms with Crippen LogP contribution >= 0.6 is 0 Å². The summed E-state index contributed by atoms with van der Waals surface area (Å²) in [6.45, 7) is 0. The number of ether oxygens (including phenoxy) is 1. The number of hydrogen-bond acceptors (Lipinski definition) is 2. The molecule has 0 saturated heterocycles. The zero-order valence-electron chi connectivity index (χ0n) is 10.5. The quantitative estimate of drug-likeness (QED) is 0.722. The zero-order chi connectivity index (χ0) is 13.2. The Kier molecular flexibility index (Phi) is 2.80. The molecule has 0 bridgehead atoms. The number of methoxy groups -OCH3 is 1. The average Bonchev–Trinajstić information content (AvgIpc) is 2.86.